The number of nitrogens with one attached hydrogen (secondary N) is 1. The minimum atomic E-state index is -0.0558. The monoisotopic (exact) mass is 397 g/mol. The zero-order valence-electron chi connectivity index (χ0n) is 17.3. The van der Waals surface area contributed by atoms with E-state index < -0.39 is 0 Å². The van der Waals surface area contributed by atoms with Crippen molar-refractivity contribution in [2.24, 2.45) is 0 Å². The van der Waals surface area contributed by atoms with Crippen molar-refractivity contribution >= 4 is 29.1 Å². The zero-order chi connectivity index (χ0) is 20.4. The molecular formula is C21H27N5OS. The van der Waals surface area contributed by atoms with Crippen LogP contribution in [-0.4, -0.2) is 31.2 Å². The summed E-state index contributed by atoms with van der Waals surface area (Å²) in [5.41, 5.74) is 5.13. The van der Waals surface area contributed by atoms with Crippen molar-refractivity contribution in [3.8, 4) is 0 Å². The minimum Gasteiger partial charge on any atom is -0.325 e. The highest BCUT2D eigenvalue weighted by Crippen LogP contribution is 2.32. The van der Waals surface area contributed by atoms with Crippen molar-refractivity contribution < 1.29 is 4.79 Å². The summed E-state index contributed by atoms with van der Waals surface area (Å²) in [5.74, 6) is 1.42. The van der Waals surface area contributed by atoms with Gasteiger partial charge in [0.05, 0.1) is 5.75 Å². The predicted octanol–water partition coefficient (Wildman–Crippen LogP) is 4.72. The van der Waals surface area contributed by atoms with E-state index in [2.05, 4.69) is 66.3 Å². The van der Waals surface area contributed by atoms with Gasteiger partial charge in [0.15, 0.2) is 0 Å². The van der Waals surface area contributed by atoms with Crippen molar-refractivity contribution in [3.63, 3.8) is 0 Å². The van der Waals surface area contributed by atoms with E-state index in [4.69, 9.17) is 0 Å². The molecule has 2 aromatic heterocycles. The van der Waals surface area contributed by atoms with Crippen molar-refractivity contribution in [2.75, 3.05) is 11.1 Å². The Labute approximate surface area is 170 Å². The highest BCUT2D eigenvalue weighted by molar-refractivity contribution is 7.99. The number of fused-ring (bicyclic) bond motifs is 1. The lowest BCUT2D eigenvalue weighted by molar-refractivity contribution is -0.113. The fourth-order valence-corrected chi connectivity index (χ4v) is 3.83. The molecule has 0 saturated heterocycles. The number of para-hydroxylation sites is 1. The van der Waals surface area contributed by atoms with Gasteiger partial charge in [-0.25, -0.2) is 9.50 Å². The number of aromatic nitrogens is 4. The molecular weight excluding hydrogens is 370 g/mol. The van der Waals surface area contributed by atoms with E-state index in [1.165, 1.54) is 11.8 Å². The molecule has 148 valence electrons. The van der Waals surface area contributed by atoms with Crippen LogP contribution in [0.15, 0.2) is 29.4 Å². The molecule has 0 aliphatic heterocycles. The van der Waals surface area contributed by atoms with Gasteiger partial charge in [0.2, 0.25) is 11.1 Å². The summed E-state index contributed by atoms with van der Waals surface area (Å²) in [6.45, 7) is 12.5. The first-order valence-electron chi connectivity index (χ1n) is 9.52. The third-order valence-corrected chi connectivity index (χ3v) is 5.41. The molecule has 0 atom stereocenters. The van der Waals surface area contributed by atoms with Gasteiger partial charge in [-0.1, -0.05) is 57.7 Å². The van der Waals surface area contributed by atoms with Gasteiger partial charge in [-0.2, -0.15) is 4.98 Å². The molecule has 0 aliphatic carbocycles. The van der Waals surface area contributed by atoms with Crippen molar-refractivity contribution in [3.05, 3.63) is 46.8 Å². The van der Waals surface area contributed by atoms with E-state index in [0.29, 0.717) is 22.8 Å². The molecule has 0 fully saturated rings. The second-order valence-corrected chi connectivity index (χ2v) is 8.55. The van der Waals surface area contributed by atoms with E-state index >= 15 is 0 Å². The van der Waals surface area contributed by atoms with Gasteiger partial charge in [0, 0.05) is 17.1 Å². The first-order valence-corrected chi connectivity index (χ1v) is 10.5. The van der Waals surface area contributed by atoms with Gasteiger partial charge in [0.25, 0.3) is 5.78 Å². The van der Waals surface area contributed by atoms with Crippen molar-refractivity contribution in [1.29, 1.82) is 0 Å². The first-order chi connectivity index (χ1) is 13.3. The van der Waals surface area contributed by atoms with E-state index in [9.17, 15) is 4.79 Å². The molecule has 0 radical (unpaired) electrons. The molecule has 0 bridgehead atoms. The molecule has 7 heteroatoms. The Bertz CT molecular complexity index is 983. The smallest absolute Gasteiger partial charge is 0.253 e. The quantitative estimate of drug-likeness (QED) is 0.609. The molecule has 0 unspecified atom stereocenters. The average molecular weight is 398 g/mol. The van der Waals surface area contributed by atoms with E-state index in [1.54, 1.807) is 4.52 Å². The summed E-state index contributed by atoms with van der Waals surface area (Å²) in [6, 6.07) is 8.19. The predicted molar refractivity (Wildman–Crippen MR) is 114 cm³/mol. The number of hydrogen-bond acceptors (Lipinski definition) is 5. The fourth-order valence-electron chi connectivity index (χ4n) is 3.21. The number of thioether (sulfide) groups is 1. The van der Waals surface area contributed by atoms with Crippen molar-refractivity contribution in [1.82, 2.24) is 19.6 Å². The summed E-state index contributed by atoms with van der Waals surface area (Å²) in [5, 5.41) is 8.13. The number of nitrogens with zero attached hydrogens (tertiary/aromatic N) is 4. The second-order valence-electron chi connectivity index (χ2n) is 7.60. The molecule has 1 N–H and O–H groups in total. The van der Waals surface area contributed by atoms with Crippen LogP contribution in [0.3, 0.4) is 0 Å². The van der Waals surface area contributed by atoms with Crippen LogP contribution in [0, 0.1) is 13.8 Å². The minimum absolute atomic E-state index is 0.0558. The number of aryl methyl sites for hydroxylation is 2. The number of carbonyl (C=O) groups excluding carboxylic acids is 1. The summed E-state index contributed by atoms with van der Waals surface area (Å²) < 4.78 is 1.71. The summed E-state index contributed by atoms with van der Waals surface area (Å²) in [7, 11) is 0. The van der Waals surface area contributed by atoms with Gasteiger partial charge in [-0.15, -0.1) is 5.10 Å². The molecule has 1 amide bonds. The van der Waals surface area contributed by atoms with Crippen LogP contribution in [0.2, 0.25) is 0 Å². The van der Waals surface area contributed by atoms with Gasteiger partial charge >= 0.3 is 0 Å². The van der Waals surface area contributed by atoms with Crippen LogP contribution in [0.4, 0.5) is 5.69 Å². The third-order valence-electron chi connectivity index (χ3n) is 4.57. The lowest BCUT2D eigenvalue weighted by Crippen LogP contribution is -2.17. The summed E-state index contributed by atoms with van der Waals surface area (Å²) in [4.78, 5) is 21.5. The molecule has 28 heavy (non-hydrogen) atoms. The van der Waals surface area contributed by atoms with Crippen LogP contribution >= 0.6 is 11.8 Å². The average Bonchev–Trinajstić information content (AvgIpc) is 3.03. The van der Waals surface area contributed by atoms with Crippen molar-refractivity contribution in [2.45, 2.75) is 58.5 Å². The SMILES string of the molecule is Cc1cc(C)n2nc(SCC(=O)Nc3c(C(C)C)cccc3C(C)C)nc2n1. The van der Waals surface area contributed by atoms with E-state index in [0.717, 1.165) is 28.2 Å². The Kier molecular flexibility index (Phi) is 6.03. The lowest BCUT2D eigenvalue weighted by atomic mass is 9.92. The number of carbonyl (C=O) groups is 1. The molecule has 1 aromatic carbocycles. The number of benzene rings is 1. The first kappa shape index (κ1) is 20.3. The number of anilines is 1. The standard InChI is InChI=1S/C21H27N5OS/c1-12(2)16-8-7-9-17(13(3)4)19(16)23-18(27)11-28-21-24-20-22-14(5)10-15(6)26(20)25-21/h7-10,12-13H,11H2,1-6H3,(H,23,27). The molecule has 3 rings (SSSR count). The van der Waals surface area contributed by atoms with Gasteiger partial charge in [0.1, 0.15) is 0 Å². The maximum atomic E-state index is 12.7. The Morgan fingerprint density at radius 2 is 1.75 bits per heavy atom. The van der Waals surface area contributed by atoms with Crippen LogP contribution in [0.1, 0.15) is 62.0 Å². The molecule has 0 aliphatic rings. The topological polar surface area (TPSA) is 72.2 Å². The van der Waals surface area contributed by atoms with Gasteiger partial charge in [-0.3, -0.25) is 4.79 Å². The van der Waals surface area contributed by atoms with Crippen LogP contribution in [0.5, 0.6) is 0 Å². The van der Waals surface area contributed by atoms with Crippen LogP contribution < -0.4 is 5.32 Å². The fraction of sp³-hybridized carbons (Fsp3) is 0.429. The number of amides is 1. The highest BCUT2D eigenvalue weighted by atomic mass is 32.2. The normalized spacial score (nSPS) is 11.6. The summed E-state index contributed by atoms with van der Waals surface area (Å²) in [6.07, 6.45) is 0. The lowest BCUT2D eigenvalue weighted by Gasteiger charge is -2.20. The molecule has 3 aromatic rings. The third kappa shape index (κ3) is 4.35. The van der Waals surface area contributed by atoms with E-state index in [-0.39, 0.29) is 11.7 Å². The van der Waals surface area contributed by atoms with Gasteiger partial charge in [-0.05, 0) is 42.9 Å². The Morgan fingerprint density at radius 1 is 1.11 bits per heavy atom. The largest absolute Gasteiger partial charge is 0.325 e. The van der Waals surface area contributed by atoms with Gasteiger partial charge < -0.3 is 5.32 Å². The summed E-state index contributed by atoms with van der Waals surface area (Å²) >= 11 is 1.32. The van der Waals surface area contributed by atoms with E-state index in [1.807, 2.05) is 19.9 Å². The van der Waals surface area contributed by atoms with Crippen LogP contribution in [-0.2, 0) is 4.79 Å². The maximum absolute atomic E-state index is 12.7. The molecule has 0 spiro atoms. The molecule has 0 saturated carbocycles. The highest BCUT2D eigenvalue weighted by Gasteiger charge is 2.17. The van der Waals surface area contributed by atoms with Crippen LogP contribution in [0.25, 0.3) is 5.78 Å². The zero-order valence-corrected chi connectivity index (χ0v) is 18.1. The maximum Gasteiger partial charge on any atom is 0.253 e. The molecule has 2 heterocycles. The molecule has 6 nitrogen and oxygen atoms in total. The Hall–Kier alpha value is -2.41. The second kappa shape index (κ2) is 8.31. The number of hydrogen-bond donors (Lipinski definition) is 1. The Morgan fingerprint density at radius 3 is 2.36 bits per heavy atom. The number of rotatable bonds is 6. The Balaban J connectivity index is 1.76.